The Balaban J connectivity index is 0.00000306. The van der Waals surface area contributed by atoms with Gasteiger partial charge in [-0.3, -0.25) is 0 Å². The largest absolute Gasteiger partial charge is 0.493 e. The van der Waals surface area contributed by atoms with Gasteiger partial charge in [0.05, 0.1) is 12.6 Å². The van der Waals surface area contributed by atoms with E-state index in [1.165, 1.54) is 11.1 Å². The van der Waals surface area contributed by atoms with Crippen LogP contribution in [0.15, 0.2) is 53.5 Å². The minimum atomic E-state index is 0. The second kappa shape index (κ2) is 11.5. The monoisotopic (exact) mass is 560 g/mol. The summed E-state index contributed by atoms with van der Waals surface area (Å²) in [5.41, 5.74) is 3.75. The zero-order valence-electron chi connectivity index (χ0n) is 19.7. The molecule has 0 spiro atoms. The quantitative estimate of drug-likeness (QED) is 0.266. The van der Waals surface area contributed by atoms with Gasteiger partial charge in [0.2, 0.25) is 0 Å². The van der Waals surface area contributed by atoms with E-state index in [-0.39, 0.29) is 30.0 Å². The highest BCUT2D eigenvalue weighted by atomic mass is 127. The van der Waals surface area contributed by atoms with Crippen molar-refractivity contribution in [2.45, 2.75) is 45.7 Å². The lowest BCUT2D eigenvalue weighted by molar-refractivity contribution is 0.261. The molecule has 1 aliphatic rings. The fraction of sp³-hybridized carbons (Fsp3) is 0.400. The molecule has 0 saturated heterocycles. The van der Waals surface area contributed by atoms with Crippen molar-refractivity contribution in [3.8, 4) is 5.75 Å². The number of hydrogen-bond acceptors (Lipinski definition) is 4. The number of nitrogens with one attached hydrogen (secondary N) is 2. The Morgan fingerprint density at radius 1 is 1.18 bits per heavy atom. The van der Waals surface area contributed by atoms with Crippen LogP contribution >= 0.6 is 24.0 Å². The Bertz CT molecular complexity index is 1100. The SMILES string of the molecule is Cc1cccc(C(C)CNC(=NCc2nnc(C)n2C)NC2CCOc3ccccc32)c1.I. The van der Waals surface area contributed by atoms with Crippen molar-refractivity contribution in [2.24, 2.45) is 12.0 Å². The van der Waals surface area contributed by atoms with E-state index in [9.17, 15) is 0 Å². The number of nitrogens with zero attached hydrogens (tertiary/aromatic N) is 4. The van der Waals surface area contributed by atoms with E-state index in [1.54, 1.807) is 0 Å². The molecule has 4 rings (SSSR count). The highest BCUT2D eigenvalue weighted by Gasteiger charge is 2.22. The third kappa shape index (κ3) is 6.25. The molecule has 0 amide bonds. The maximum absolute atomic E-state index is 5.83. The first-order valence-electron chi connectivity index (χ1n) is 11.2. The normalized spacial score (nSPS) is 16.2. The number of guanidine groups is 1. The minimum Gasteiger partial charge on any atom is -0.493 e. The molecule has 2 heterocycles. The Kier molecular flexibility index (Phi) is 8.71. The molecule has 2 unspecified atom stereocenters. The van der Waals surface area contributed by atoms with E-state index in [2.05, 4.69) is 71.1 Å². The van der Waals surface area contributed by atoms with Gasteiger partial charge in [0.1, 0.15) is 18.1 Å². The van der Waals surface area contributed by atoms with Crippen molar-refractivity contribution in [1.29, 1.82) is 0 Å². The smallest absolute Gasteiger partial charge is 0.192 e. The molecule has 2 aromatic carbocycles. The van der Waals surface area contributed by atoms with Crippen LogP contribution in [0.1, 0.15) is 53.6 Å². The molecule has 2 atom stereocenters. The maximum atomic E-state index is 5.83. The summed E-state index contributed by atoms with van der Waals surface area (Å²) in [6, 6.07) is 17.0. The summed E-state index contributed by atoms with van der Waals surface area (Å²) >= 11 is 0. The minimum absolute atomic E-state index is 0. The van der Waals surface area contributed by atoms with Crippen LogP contribution in [-0.2, 0) is 13.6 Å². The van der Waals surface area contributed by atoms with Crippen molar-refractivity contribution >= 4 is 29.9 Å². The molecule has 7 nitrogen and oxygen atoms in total. The number of aromatic nitrogens is 3. The second-order valence-electron chi connectivity index (χ2n) is 8.46. The zero-order chi connectivity index (χ0) is 22.5. The number of aryl methyl sites for hydroxylation is 2. The van der Waals surface area contributed by atoms with E-state index >= 15 is 0 Å². The Hall–Kier alpha value is -2.62. The summed E-state index contributed by atoms with van der Waals surface area (Å²) in [7, 11) is 1.97. The molecule has 0 bridgehead atoms. The molecule has 8 heteroatoms. The number of para-hydroxylation sites is 1. The predicted molar refractivity (Wildman–Crippen MR) is 142 cm³/mol. The maximum Gasteiger partial charge on any atom is 0.192 e. The fourth-order valence-corrected chi connectivity index (χ4v) is 3.89. The van der Waals surface area contributed by atoms with E-state index < -0.39 is 0 Å². The van der Waals surface area contributed by atoms with Crippen LogP contribution in [0, 0.1) is 13.8 Å². The van der Waals surface area contributed by atoms with E-state index in [1.807, 2.05) is 30.7 Å². The van der Waals surface area contributed by atoms with Crippen LogP contribution in [0.3, 0.4) is 0 Å². The molecule has 0 radical (unpaired) electrons. The number of ether oxygens (including phenoxy) is 1. The number of halogens is 1. The van der Waals surface area contributed by atoms with Crippen LogP contribution in [0.2, 0.25) is 0 Å². The Labute approximate surface area is 213 Å². The van der Waals surface area contributed by atoms with Crippen LogP contribution < -0.4 is 15.4 Å². The van der Waals surface area contributed by atoms with Crippen LogP contribution in [-0.4, -0.2) is 33.9 Å². The molecule has 33 heavy (non-hydrogen) atoms. The summed E-state index contributed by atoms with van der Waals surface area (Å²) in [5, 5.41) is 15.6. The first-order chi connectivity index (χ1) is 15.5. The third-order valence-corrected chi connectivity index (χ3v) is 6.02. The average molecular weight is 560 g/mol. The van der Waals surface area contributed by atoms with Crippen LogP contribution in [0.4, 0.5) is 0 Å². The topological polar surface area (TPSA) is 76.4 Å². The summed E-state index contributed by atoms with van der Waals surface area (Å²) in [6.07, 6.45) is 0.883. The second-order valence-corrected chi connectivity index (χ2v) is 8.46. The van der Waals surface area contributed by atoms with Gasteiger partial charge in [-0.05, 0) is 31.4 Å². The summed E-state index contributed by atoms with van der Waals surface area (Å²) in [5.74, 6) is 3.77. The van der Waals surface area contributed by atoms with E-state index in [4.69, 9.17) is 9.73 Å². The Morgan fingerprint density at radius 3 is 2.76 bits per heavy atom. The lowest BCUT2D eigenvalue weighted by Crippen LogP contribution is -2.42. The third-order valence-electron chi connectivity index (χ3n) is 6.02. The highest BCUT2D eigenvalue weighted by molar-refractivity contribution is 14.0. The van der Waals surface area contributed by atoms with Gasteiger partial charge in [-0.25, -0.2) is 4.99 Å². The first-order valence-corrected chi connectivity index (χ1v) is 11.2. The number of hydrogen-bond donors (Lipinski definition) is 2. The number of fused-ring (bicyclic) bond motifs is 1. The summed E-state index contributed by atoms with van der Waals surface area (Å²) < 4.78 is 7.80. The van der Waals surface area contributed by atoms with Crippen molar-refractivity contribution in [1.82, 2.24) is 25.4 Å². The Morgan fingerprint density at radius 2 is 2.00 bits per heavy atom. The molecule has 0 aliphatic carbocycles. The lowest BCUT2D eigenvalue weighted by atomic mass is 9.99. The lowest BCUT2D eigenvalue weighted by Gasteiger charge is -2.28. The molecule has 176 valence electrons. The molecular formula is C25H33IN6O. The highest BCUT2D eigenvalue weighted by Crippen LogP contribution is 2.31. The van der Waals surface area contributed by atoms with Gasteiger partial charge in [0.25, 0.3) is 0 Å². The molecular weight excluding hydrogens is 527 g/mol. The van der Waals surface area contributed by atoms with Gasteiger partial charge in [0.15, 0.2) is 11.8 Å². The number of rotatable bonds is 6. The van der Waals surface area contributed by atoms with Gasteiger partial charge in [-0.15, -0.1) is 34.2 Å². The summed E-state index contributed by atoms with van der Waals surface area (Å²) in [6.45, 7) is 8.22. The fourth-order valence-electron chi connectivity index (χ4n) is 3.89. The molecule has 1 aliphatic heterocycles. The van der Waals surface area contributed by atoms with Crippen LogP contribution in [0.5, 0.6) is 5.75 Å². The van der Waals surface area contributed by atoms with Crippen molar-refractivity contribution in [3.63, 3.8) is 0 Å². The molecule has 1 aromatic heterocycles. The van der Waals surface area contributed by atoms with Gasteiger partial charge in [-0.1, -0.05) is 55.0 Å². The first kappa shape index (κ1) is 25.0. The van der Waals surface area contributed by atoms with Gasteiger partial charge < -0.3 is 19.9 Å². The van der Waals surface area contributed by atoms with Gasteiger partial charge in [-0.2, -0.15) is 0 Å². The molecule has 3 aromatic rings. The molecule has 0 saturated carbocycles. The van der Waals surface area contributed by atoms with Crippen LogP contribution in [0.25, 0.3) is 0 Å². The van der Waals surface area contributed by atoms with E-state index in [0.717, 1.165) is 41.9 Å². The van der Waals surface area contributed by atoms with Crippen molar-refractivity contribution in [2.75, 3.05) is 13.2 Å². The number of benzene rings is 2. The van der Waals surface area contributed by atoms with Gasteiger partial charge in [0, 0.05) is 25.6 Å². The standard InChI is InChI=1S/C25H32N6O.HI/c1-17-8-7-9-20(14-17)18(2)15-26-25(27-16-24-30-29-19(3)31(24)4)28-22-12-13-32-23-11-6-5-10-21(22)23;/h5-11,14,18,22H,12-13,15-16H2,1-4H3,(H2,26,27,28);1H. The molecule has 2 N–H and O–H groups in total. The average Bonchev–Trinajstić information content (AvgIpc) is 3.13. The number of aliphatic imine (C=N–C) groups is 1. The van der Waals surface area contributed by atoms with Crippen molar-refractivity contribution < 1.29 is 4.74 Å². The zero-order valence-corrected chi connectivity index (χ0v) is 22.0. The van der Waals surface area contributed by atoms with Gasteiger partial charge >= 0.3 is 0 Å². The molecule has 0 fully saturated rings. The van der Waals surface area contributed by atoms with E-state index in [0.29, 0.717) is 19.1 Å². The summed E-state index contributed by atoms with van der Waals surface area (Å²) in [4.78, 5) is 4.85. The van der Waals surface area contributed by atoms with Crippen molar-refractivity contribution in [3.05, 3.63) is 76.9 Å². The predicted octanol–water partition coefficient (Wildman–Crippen LogP) is 4.41.